The van der Waals surface area contributed by atoms with Crippen LogP contribution in [0.3, 0.4) is 0 Å². The van der Waals surface area contributed by atoms with Crippen LogP contribution in [0, 0.1) is 11.9 Å². The van der Waals surface area contributed by atoms with Gasteiger partial charge in [0.1, 0.15) is 0 Å². The van der Waals surface area contributed by atoms with Crippen molar-refractivity contribution < 1.29 is 9.18 Å². The predicted octanol–water partition coefficient (Wildman–Crippen LogP) is -0.153. The van der Waals surface area contributed by atoms with Gasteiger partial charge in [0.05, 0.1) is 15.7 Å². The third kappa shape index (κ3) is 1.84. The van der Waals surface area contributed by atoms with Crippen LogP contribution in [0.4, 0.5) is 4.39 Å². The van der Waals surface area contributed by atoms with Gasteiger partial charge in [-0.2, -0.15) is 4.39 Å². The number of nitrogens with zero attached hydrogens (tertiary/aromatic N) is 1. The van der Waals surface area contributed by atoms with Crippen molar-refractivity contribution in [1.29, 1.82) is 0 Å². The quantitative estimate of drug-likeness (QED) is 0.549. The molecule has 4 radical (unpaired) electrons. The van der Waals surface area contributed by atoms with E-state index in [1.54, 1.807) is 0 Å². The highest BCUT2D eigenvalue weighted by Crippen LogP contribution is 2.30. The molecule has 0 aromatic carbocycles. The minimum Gasteiger partial charge on any atom is -0.356 e. The van der Waals surface area contributed by atoms with Crippen LogP contribution in [-0.2, 0) is 10.0 Å². The Bertz CT molecular complexity index is 408. The molecule has 1 aromatic rings. The van der Waals surface area contributed by atoms with Gasteiger partial charge in [0.2, 0.25) is 11.9 Å². The van der Waals surface area contributed by atoms with Crippen LogP contribution in [0.2, 0.25) is 0 Å². The zero-order chi connectivity index (χ0) is 11.8. The Morgan fingerprint density at radius 2 is 2.25 bits per heavy atom. The number of rotatable bonds is 2. The summed E-state index contributed by atoms with van der Waals surface area (Å²) < 4.78 is 12.7. The van der Waals surface area contributed by atoms with E-state index in [9.17, 15) is 9.18 Å². The minimum atomic E-state index is -1.30. The standard InChI is InChI=1S/C10H9B2FN2O/c11-10(12,7-3-4-14-9(7)16)6-1-2-8(13)15-5-6/h1-2,5,7H,3-4H2,(H,14,16). The molecule has 1 unspecified atom stereocenters. The highest BCUT2D eigenvalue weighted by atomic mass is 19.1. The fourth-order valence-electron chi connectivity index (χ4n) is 1.88. The average Bonchev–Trinajstić information content (AvgIpc) is 2.66. The van der Waals surface area contributed by atoms with Crippen molar-refractivity contribution in [3.05, 3.63) is 29.8 Å². The Morgan fingerprint density at radius 1 is 1.50 bits per heavy atom. The maximum atomic E-state index is 12.7. The Hall–Kier alpha value is -1.32. The number of carbonyl (C=O) groups excluding carboxylic acids is 1. The van der Waals surface area contributed by atoms with Gasteiger partial charge in [-0.15, -0.1) is 0 Å². The number of hydrogen-bond donors (Lipinski definition) is 1. The number of hydrogen-bond acceptors (Lipinski definition) is 2. The lowest BCUT2D eigenvalue weighted by atomic mass is 9.45. The summed E-state index contributed by atoms with van der Waals surface area (Å²) in [5.41, 5.74) is 0.455. The van der Waals surface area contributed by atoms with Gasteiger partial charge in [-0.3, -0.25) is 4.79 Å². The van der Waals surface area contributed by atoms with Gasteiger partial charge in [-0.05, 0) is 18.1 Å². The van der Waals surface area contributed by atoms with E-state index in [0.717, 1.165) is 0 Å². The van der Waals surface area contributed by atoms with Gasteiger partial charge < -0.3 is 5.32 Å². The molecule has 2 rings (SSSR count). The highest BCUT2D eigenvalue weighted by Gasteiger charge is 2.38. The van der Waals surface area contributed by atoms with Gasteiger partial charge >= 0.3 is 0 Å². The number of amides is 1. The van der Waals surface area contributed by atoms with Crippen LogP contribution in [0.25, 0.3) is 0 Å². The van der Waals surface area contributed by atoms with Crippen LogP contribution in [0.5, 0.6) is 0 Å². The second kappa shape index (κ2) is 3.92. The van der Waals surface area contributed by atoms with Crippen LogP contribution in [-0.4, -0.2) is 33.1 Å². The molecule has 0 bridgehead atoms. The fourth-order valence-corrected chi connectivity index (χ4v) is 1.88. The van der Waals surface area contributed by atoms with E-state index < -0.39 is 17.1 Å². The summed E-state index contributed by atoms with van der Waals surface area (Å²) in [6.45, 7) is 0.564. The molecular weight excluding hydrogens is 205 g/mol. The summed E-state index contributed by atoms with van der Waals surface area (Å²) in [6.07, 6.45) is 1.84. The van der Waals surface area contributed by atoms with Crippen LogP contribution < -0.4 is 5.32 Å². The van der Waals surface area contributed by atoms with E-state index in [0.29, 0.717) is 18.5 Å². The van der Waals surface area contributed by atoms with E-state index in [-0.39, 0.29) is 5.91 Å². The monoisotopic (exact) mass is 214 g/mol. The molecule has 16 heavy (non-hydrogen) atoms. The number of nitrogens with one attached hydrogen (secondary N) is 1. The predicted molar refractivity (Wildman–Crippen MR) is 58.5 cm³/mol. The first kappa shape index (κ1) is 11.2. The molecule has 1 saturated heterocycles. The molecule has 1 aromatic heterocycles. The molecule has 1 aliphatic rings. The molecule has 1 fully saturated rings. The van der Waals surface area contributed by atoms with Crippen LogP contribution in [0.15, 0.2) is 18.3 Å². The molecule has 1 N–H and O–H groups in total. The van der Waals surface area contributed by atoms with E-state index in [1.807, 2.05) is 0 Å². The highest BCUT2D eigenvalue weighted by molar-refractivity contribution is 6.41. The maximum Gasteiger partial charge on any atom is 0.222 e. The molecule has 2 heterocycles. The average molecular weight is 214 g/mol. The number of carbonyl (C=O) groups is 1. The van der Waals surface area contributed by atoms with Crippen molar-refractivity contribution in [3.63, 3.8) is 0 Å². The second-order valence-corrected chi connectivity index (χ2v) is 3.93. The Balaban J connectivity index is 2.30. The molecule has 6 heteroatoms. The zero-order valence-electron chi connectivity index (χ0n) is 8.61. The molecule has 0 spiro atoms. The molecular formula is C10H9B2FN2O. The Morgan fingerprint density at radius 3 is 2.75 bits per heavy atom. The lowest BCUT2D eigenvalue weighted by molar-refractivity contribution is -0.122. The van der Waals surface area contributed by atoms with Gasteiger partial charge in [0.25, 0.3) is 0 Å². The van der Waals surface area contributed by atoms with Gasteiger partial charge in [-0.1, -0.05) is 11.3 Å². The van der Waals surface area contributed by atoms with Gasteiger partial charge in [-0.25, -0.2) is 4.98 Å². The molecule has 1 amide bonds. The summed E-state index contributed by atoms with van der Waals surface area (Å²) in [4.78, 5) is 15.0. The fraction of sp³-hybridized carbons (Fsp3) is 0.400. The van der Waals surface area contributed by atoms with E-state index in [2.05, 4.69) is 10.3 Å². The molecule has 78 valence electrons. The summed E-state index contributed by atoms with van der Waals surface area (Å²) in [6, 6.07) is 2.63. The number of pyridine rings is 1. The molecule has 1 atom stereocenters. The first-order valence-corrected chi connectivity index (χ1v) is 4.99. The topological polar surface area (TPSA) is 42.0 Å². The van der Waals surface area contributed by atoms with Crippen LogP contribution >= 0.6 is 0 Å². The van der Waals surface area contributed by atoms with Gasteiger partial charge in [0.15, 0.2) is 0 Å². The van der Waals surface area contributed by atoms with Crippen LogP contribution in [0.1, 0.15) is 12.0 Å². The summed E-state index contributed by atoms with van der Waals surface area (Å²) in [5, 5.41) is 1.36. The van der Waals surface area contributed by atoms with Crippen molar-refractivity contribution >= 4 is 21.6 Å². The summed E-state index contributed by atoms with van der Waals surface area (Å²) in [7, 11) is 11.9. The SMILES string of the molecule is [B]C([B])(c1ccc(F)nc1)C1CCNC1=O. The first-order chi connectivity index (χ1) is 7.51. The third-order valence-corrected chi connectivity index (χ3v) is 2.85. The molecule has 1 aliphatic heterocycles. The van der Waals surface area contributed by atoms with Crippen molar-refractivity contribution in [1.82, 2.24) is 10.3 Å². The van der Waals surface area contributed by atoms with Gasteiger partial charge in [0, 0.05) is 18.7 Å². The van der Waals surface area contributed by atoms with Crippen molar-refractivity contribution in [3.8, 4) is 0 Å². The van der Waals surface area contributed by atoms with Crippen molar-refractivity contribution in [2.45, 2.75) is 11.6 Å². The minimum absolute atomic E-state index is 0.172. The van der Waals surface area contributed by atoms with Crippen molar-refractivity contribution in [2.24, 2.45) is 5.92 Å². The molecule has 0 aliphatic carbocycles. The second-order valence-electron chi connectivity index (χ2n) is 3.93. The van der Waals surface area contributed by atoms with E-state index in [4.69, 9.17) is 15.7 Å². The zero-order valence-corrected chi connectivity index (χ0v) is 8.61. The third-order valence-electron chi connectivity index (χ3n) is 2.85. The first-order valence-electron chi connectivity index (χ1n) is 4.99. The lowest BCUT2D eigenvalue weighted by Crippen LogP contribution is -2.40. The maximum absolute atomic E-state index is 12.7. The lowest BCUT2D eigenvalue weighted by Gasteiger charge is -2.31. The smallest absolute Gasteiger partial charge is 0.222 e. The van der Waals surface area contributed by atoms with E-state index >= 15 is 0 Å². The Labute approximate surface area is 95.7 Å². The largest absolute Gasteiger partial charge is 0.356 e. The Kier molecular flexibility index (Phi) is 2.74. The number of halogens is 1. The summed E-state index contributed by atoms with van der Waals surface area (Å²) >= 11 is 0. The van der Waals surface area contributed by atoms with E-state index in [1.165, 1.54) is 18.3 Å². The normalized spacial score (nSPS) is 20.8. The number of aromatic nitrogens is 1. The van der Waals surface area contributed by atoms with Crippen molar-refractivity contribution in [2.75, 3.05) is 6.54 Å². The molecule has 3 nitrogen and oxygen atoms in total. The summed E-state index contributed by atoms with van der Waals surface area (Å²) in [5.74, 6) is -1.27. The molecule has 0 saturated carbocycles.